The molecule has 0 spiro atoms. The molecule has 0 saturated heterocycles. The van der Waals surface area contributed by atoms with E-state index in [1.807, 2.05) is 0 Å². The lowest BCUT2D eigenvalue weighted by atomic mass is 9.49. The number of hydrogen-bond donors (Lipinski definition) is 0. The number of carbonyl (C=O) groups is 2. The van der Waals surface area contributed by atoms with Crippen LogP contribution in [0.5, 0.6) is 11.5 Å². The Bertz CT molecular complexity index is 2130. The zero-order valence-electron chi connectivity index (χ0n) is 35.7. The normalized spacial score (nSPS) is 31.2. The minimum absolute atomic E-state index is 0.0559. The molecule has 9 nitrogen and oxygen atoms in total. The lowest BCUT2D eigenvalue weighted by Crippen LogP contribution is -2.47. The van der Waals surface area contributed by atoms with E-state index in [1.54, 1.807) is 44.2 Å². The third-order valence-corrected chi connectivity index (χ3v) is 20.5. The molecule has 11 rings (SSSR count). The van der Waals surface area contributed by atoms with Gasteiger partial charge >= 0.3 is 33.7 Å². The van der Waals surface area contributed by atoms with Crippen LogP contribution in [0.25, 0.3) is 0 Å². The average molecular weight is 917 g/mol. The number of halogens is 4. The van der Waals surface area contributed by atoms with Crippen LogP contribution in [0.3, 0.4) is 0 Å². The van der Waals surface area contributed by atoms with Gasteiger partial charge in [-0.05, 0) is 184 Å². The van der Waals surface area contributed by atoms with Crippen molar-refractivity contribution in [3.63, 3.8) is 0 Å². The lowest BCUT2D eigenvalue weighted by Gasteiger charge is -2.56. The Kier molecular flexibility index (Phi) is 11.9. The molecular formula is C48H56F4O9S2. The second kappa shape index (κ2) is 16.9. The van der Waals surface area contributed by atoms with Crippen LogP contribution in [0.15, 0.2) is 81.4 Å². The lowest BCUT2D eigenvalue weighted by molar-refractivity contribution is -0.159. The van der Waals surface area contributed by atoms with Crippen LogP contribution in [0.4, 0.5) is 17.6 Å². The molecule has 8 bridgehead atoms. The molecule has 0 amide bonds. The van der Waals surface area contributed by atoms with Crippen LogP contribution >= 0.6 is 10.3 Å². The number of carbonyl (C=O) groups excluding carboxylic acids is 2. The molecule has 3 aromatic carbocycles. The predicted octanol–water partition coefficient (Wildman–Crippen LogP) is 11.7. The van der Waals surface area contributed by atoms with E-state index in [-0.39, 0.29) is 60.1 Å². The van der Waals surface area contributed by atoms with Gasteiger partial charge < -0.3 is 18.9 Å². The highest BCUT2D eigenvalue weighted by molar-refractivity contribution is 8.33. The van der Waals surface area contributed by atoms with Crippen molar-refractivity contribution in [1.29, 1.82) is 0 Å². The fraction of sp³-hybridized carbons (Fsp3) is 0.583. The smallest absolute Gasteiger partial charge is 0.436 e. The van der Waals surface area contributed by atoms with Crippen LogP contribution < -0.4 is 9.47 Å². The molecule has 8 saturated carbocycles. The van der Waals surface area contributed by atoms with E-state index in [2.05, 4.69) is 0 Å². The summed E-state index contributed by atoms with van der Waals surface area (Å²) in [6, 6.07) is 17.0. The van der Waals surface area contributed by atoms with Crippen molar-refractivity contribution in [3.05, 3.63) is 77.9 Å². The molecule has 0 aromatic heterocycles. The summed E-state index contributed by atoms with van der Waals surface area (Å²) in [5.41, 5.74) is -3.97. The molecule has 8 aliphatic carbocycles. The van der Waals surface area contributed by atoms with Crippen molar-refractivity contribution in [2.24, 2.45) is 46.3 Å². The summed E-state index contributed by atoms with van der Waals surface area (Å²) < 4.78 is 113. The predicted molar refractivity (Wildman–Crippen MR) is 226 cm³/mol. The summed E-state index contributed by atoms with van der Waals surface area (Å²) in [6.07, 6.45) is 8.36. The zero-order chi connectivity index (χ0) is 44.4. The van der Waals surface area contributed by atoms with Crippen LogP contribution in [0.1, 0.15) is 101 Å². The molecule has 0 N–H and O–H groups in total. The largest absolute Gasteiger partial charge is 0.457 e. The molecule has 0 aliphatic heterocycles. The highest BCUT2D eigenvalue weighted by atomic mass is 32.3. The van der Waals surface area contributed by atoms with Gasteiger partial charge in [-0.3, -0.25) is 9.59 Å². The molecule has 63 heavy (non-hydrogen) atoms. The highest BCUT2D eigenvalue weighted by Crippen LogP contribution is 2.73. The van der Waals surface area contributed by atoms with Gasteiger partial charge in [0, 0.05) is 25.8 Å². The molecule has 1 unspecified atom stereocenters. The Labute approximate surface area is 368 Å². The third kappa shape index (κ3) is 8.83. The Morgan fingerprint density at radius 3 is 1.37 bits per heavy atom. The Morgan fingerprint density at radius 2 is 1.00 bits per heavy atom. The Balaban J connectivity index is 0.996. The van der Waals surface area contributed by atoms with Crippen molar-refractivity contribution in [1.82, 2.24) is 0 Å². The van der Waals surface area contributed by atoms with Crippen LogP contribution in [-0.4, -0.2) is 45.6 Å². The maximum atomic E-state index is 15.2. The van der Waals surface area contributed by atoms with Gasteiger partial charge in [0.25, 0.3) is 0 Å². The minimum atomic E-state index is -6.06. The summed E-state index contributed by atoms with van der Waals surface area (Å²) in [4.78, 5) is 26.9. The maximum absolute atomic E-state index is 15.2. The van der Waals surface area contributed by atoms with E-state index < -0.39 is 45.7 Å². The van der Waals surface area contributed by atoms with E-state index in [0.717, 1.165) is 38.5 Å². The van der Waals surface area contributed by atoms with Crippen molar-refractivity contribution in [2.45, 2.75) is 130 Å². The van der Waals surface area contributed by atoms with Gasteiger partial charge in [-0.15, -0.1) is 0 Å². The molecule has 1 atom stereocenters. The number of benzene rings is 3. The summed E-state index contributed by atoms with van der Waals surface area (Å²) in [7, 11) is -9.91. The van der Waals surface area contributed by atoms with Crippen molar-refractivity contribution in [2.75, 3.05) is 13.6 Å². The first kappa shape index (κ1) is 44.4. The van der Waals surface area contributed by atoms with Gasteiger partial charge in [0.2, 0.25) is 13.6 Å². The summed E-state index contributed by atoms with van der Waals surface area (Å²) in [6.45, 7) is 2.23. The van der Waals surface area contributed by atoms with Gasteiger partial charge in [-0.2, -0.15) is 21.6 Å². The van der Waals surface area contributed by atoms with Gasteiger partial charge in [0.05, 0.1) is 12.8 Å². The molecular weight excluding hydrogens is 861 g/mol. The standard InChI is InChI=1S/C48H56F4O9S2/c1-30-39(57-28-59-43(53)26-46-20-32-14-33(21-46)16-34(15-32)22-46)10-6-12-41(30)62(38-8-4-3-5-9-38,61-63(55,56)45(49)48(50,51)52)42-13-7-11-40(31(42)2)58-29-60-44(54)27-47-23-35-17-36(24-47)19-37(18-35)25-47/h3-13,32-37,45H,14-29H2,1-2H3. The number of alkyl halides is 4. The highest BCUT2D eigenvalue weighted by Gasteiger charge is 2.55. The zero-order valence-corrected chi connectivity index (χ0v) is 37.3. The average Bonchev–Trinajstić information content (AvgIpc) is 3.20. The fourth-order valence-corrected chi connectivity index (χ4v) is 19.1. The quantitative estimate of drug-likeness (QED) is 0.0787. The maximum Gasteiger partial charge on any atom is 0.436 e. The topological polar surface area (TPSA) is 114 Å². The fourth-order valence-electron chi connectivity index (χ4n) is 13.6. The second-order valence-electron chi connectivity index (χ2n) is 19.8. The van der Waals surface area contributed by atoms with Gasteiger partial charge in [-0.25, -0.2) is 8.02 Å². The van der Waals surface area contributed by atoms with Crippen LogP contribution in [-0.2, 0) is 32.8 Å². The van der Waals surface area contributed by atoms with Crippen molar-refractivity contribution in [3.8, 4) is 11.5 Å². The first-order valence-corrected chi connectivity index (χ1v) is 25.3. The van der Waals surface area contributed by atoms with Crippen molar-refractivity contribution < 1.29 is 58.1 Å². The Morgan fingerprint density at radius 1 is 0.619 bits per heavy atom. The second-order valence-corrected chi connectivity index (χ2v) is 24.2. The van der Waals surface area contributed by atoms with E-state index in [9.17, 15) is 31.2 Å². The van der Waals surface area contributed by atoms with E-state index in [1.165, 1.54) is 74.9 Å². The van der Waals surface area contributed by atoms with Gasteiger partial charge in [0.1, 0.15) is 11.5 Å². The van der Waals surface area contributed by atoms with E-state index in [4.69, 9.17) is 22.6 Å². The molecule has 342 valence electrons. The van der Waals surface area contributed by atoms with Gasteiger partial charge in [-0.1, -0.05) is 30.3 Å². The number of esters is 2. The van der Waals surface area contributed by atoms with E-state index >= 15 is 4.39 Å². The monoisotopic (exact) mass is 916 g/mol. The molecule has 8 fully saturated rings. The summed E-state index contributed by atoms with van der Waals surface area (Å²) in [5, 5.41) is 0. The number of rotatable bonds is 16. The van der Waals surface area contributed by atoms with Gasteiger partial charge in [0.15, 0.2) is 0 Å². The summed E-state index contributed by atoms with van der Waals surface area (Å²) >= 11 is 0. The molecule has 15 heteroatoms. The molecule has 0 radical (unpaired) electrons. The molecule has 3 aromatic rings. The third-order valence-electron chi connectivity index (χ3n) is 15.1. The summed E-state index contributed by atoms with van der Waals surface area (Å²) in [5.74, 6) is 3.46. The van der Waals surface area contributed by atoms with Crippen LogP contribution in [0, 0.1) is 60.2 Å². The molecule has 8 aliphatic rings. The SMILES string of the molecule is Cc1c(OCOC(=O)CC23CC4CC(CC(C4)C2)C3)cccc1S(OS(=O)(=O)C(F)C(F)(F)F)(c1ccccc1)c1cccc(OCOC(=O)CC23CC4CC(CC(C4)C2)C3)c1C. The number of hydrogen-bond acceptors (Lipinski definition) is 9. The molecule has 0 heterocycles. The van der Waals surface area contributed by atoms with E-state index in [0.29, 0.717) is 48.3 Å². The first-order valence-electron chi connectivity index (χ1n) is 22.3. The number of ether oxygens (including phenoxy) is 4. The van der Waals surface area contributed by atoms with Crippen LogP contribution in [0.2, 0.25) is 0 Å². The minimum Gasteiger partial charge on any atom is -0.457 e. The first-order chi connectivity index (χ1) is 29.9. The Hall–Kier alpha value is -3.82. The van der Waals surface area contributed by atoms with Crippen molar-refractivity contribution >= 4 is 32.4 Å².